The molecule has 0 aliphatic rings. The predicted octanol–water partition coefficient (Wildman–Crippen LogP) is 2.94. The molecule has 1 N–H and O–H groups in total. The van der Waals surface area contributed by atoms with Gasteiger partial charge in [0.1, 0.15) is 0 Å². The van der Waals surface area contributed by atoms with Crippen molar-refractivity contribution in [1.82, 2.24) is 15.0 Å². The highest BCUT2D eigenvalue weighted by Gasteiger charge is 2.12. The standard InChI is InChI=1S/C16H15N3O/c1-2-4-13-15(18-10-19-16(13)20)12-6-3-5-11-7-8-17-9-14(11)12/h3,5-10H,2,4H2,1H3,(H,18,19,20). The van der Waals surface area contributed by atoms with Crippen LogP contribution in [0, 0.1) is 0 Å². The summed E-state index contributed by atoms with van der Waals surface area (Å²) >= 11 is 0. The van der Waals surface area contributed by atoms with Gasteiger partial charge in [0.15, 0.2) is 0 Å². The van der Waals surface area contributed by atoms with Gasteiger partial charge in [0, 0.05) is 28.9 Å². The lowest BCUT2D eigenvalue weighted by Crippen LogP contribution is -2.14. The van der Waals surface area contributed by atoms with Crippen molar-refractivity contribution in [3.63, 3.8) is 0 Å². The SMILES string of the molecule is CCCc1c(-c2cccc3ccncc23)nc[nH]c1=O. The molecule has 0 amide bonds. The highest BCUT2D eigenvalue weighted by molar-refractivity contribution is 5.95. The van der Waals surface area contributed by atoms with Crippen molar-refractivity contribution in [3.05, 3.63) is 58.9 Å². The molecule has 0 bridgehead atoms. The zero-order valence-electron chi connectivity index (χ0n) is 11.3. The Kier molecular flexibility index (Phi) is 3.29. The van der Waals surface area contributed by atoms with Crippen molar-refractivity contribution < 1.29 is 0 Å². The maximum Gasteiger partial charge on any atom is 0.254 e. The Morgan fingerprint density at radius 2 is 2.15 bits per heavy atom. The van der Waals surface area contributed by atoms with E-state index < -0.39 is 0 Å². The molecule has 0 unspecified atom stereocenters. The van der Waals surface area contributed by atoms with E-state index in [2.05, 4.69) is 21.9 Å². The molecule has 2 aromatic heterocycles. The Labute approximate surface area is 116 Å². The second-order valence-electron chi connectivity index (χ2n) is 4.71. The normalized spacial score (nSPS) is 10.8. The van der Waals surface area contributed by atoms with E-state index in [-0.39, 0.29) is 5.56 Å². The molecular weight excluding hydrogens is 250 g/mol. The summed E-state index contributed by atoms with van der Waals surface area (Å²) in [6.45, 7) is 2.06. The number of aromatic nitrogens is 3. The zero-order valence-corrected chi connectivity index (χ0v) is 11.3. The van der Waals surface area contributed by atoms with Gasteiger partial charge >= 0.3 is 0 Å². The molecule has 0 fully saturated rings. The molecule has 0 spiro atoms. The maximum atomic E-state index is 12.0. The number of nitrogens with zero attached hydrogens (tertiary/aromatic N) is 2. The minimum atomic E-state index is -0.0576. The number of pyridine rings is 1. The average Bonchev–Trinajstić information content (AvgIpc) is 2.49. The molecule has 1 aromatic carbocycles. The van der Waals surface area contributed by atoms with E-state index in [1.165, 1.54) is 6.33 Å². The lowest BCUT2D eigenvalue weighted by atomic mass is 9.99. The molecule has 0 radical (unpaired) electrons. The van der Waals surface area contributed by atoms with Gasteiger partial charge in [0.25, 0.3) is 5.56 Å². The number of H-pyrrole nitrogens is 1. The highest BCUT2D eigenvalue weighted by atomic mass is 16.1. The summed E-state index contributed by atoms with van der Waals surface area (Å²) in [7, 11) is 0. The van der Waals surface area contributed by atoms with Gasteiger partial charge < -0.3 is 4.98 Å². The van der Waals surface area contributed by atoms with E-state index in [1.54, 1.807) is 6.20 Å². The highest BCUT2D eigenvalue weighted by Crippen LogP contribution is 2.27. The molecule has 2 heterocycles. The molecule has 100 valence electrons. The molecule has 0 saturated heterocycles. The third-order valence-electron chi connectivity index (χ3n) is 3.39. The van der Waals surface area contributed by atoms with E-state index in [0.29, 0.717) is 0 Å². The quantitative estimate of drug-likeness (QED) is 0.792. The number of fused-ring (bicyclic) bond motifs is 1. The summed E-state index contributed by atoms with van der Waals surface area (Å²) in [5, 5.41) is 2.12. The Hall–Kier alpha value is -2.49. The fraction of sp³-hybridized carbons (Fsp3) is 0.188. The minimum Gasteiger partial charge on any atom is -0.313 e. The predicted molar refractivity (Wildman–Crippen MR) is 79.6 cm³/mol. The van der Waals surface area contributed by atoms with Crippen LogP contribution in [0.1, 0.15) is 18.9 Å². The monoisotopic (exact) mass is 265 g/mol. The third-order valence-corrected chi connectivity index (χ3v) is 3.39. The smallest absolute Gasteiger partial charge is 0.254 e. The van der Waals surface area contributed by atoms with Crippen LogP contribution in [0.25, 0.3) is 22.0 Å². The Bertz CT molecular complexity index is 803. The molecule has 3 rings (SSSR count). The number of hydrogen-bond acceptors (Lipinski definition) is 3. The van der Waals surface area contributed by atoms with E-state index in [0.717, 1.165) is 40.4 Å². The summed E-state index contributed by atoms with van der Waals surface area (Å²) < 4.78 is 0. The molecule has 0 saturated carbocycles. The van der Waals surface area contributed by atoms with E-state index in [9.17, 15) is 4.79 Å². The third kappa shape index (κ3) is 2.09. The Balaban J connectivity index is 2.31. The summed E-state index contributed by atoms with van der Waals surface area (Å²) in [5.41, 5.74) is 2.41. The topological polar surface area (TPSA) is 58.6 Å². The number of benzene rings is 1. The van der Waals surface area contributed by atoms with Gasteiger partial charge in [0.2, 0.25) is 0 Å². The van der Waals surface area contributed by atoms with Gasteiger partial charge in [-0.15, -0.1) is 0 Å². The Morgan fingerprint density at radius 3 is 3.00 bits per heavy atom. The molecule has 0 aliphatic heterocycles. The first kappa shape index (κ1) is 12.5. The summed E-state index contributed by atoms with van der Waals surface area (Å²) in [6.07, 6.45) is 6.68. The van der Waals surface area contributed by atoms with Crippen LogP contribution in [0.3, 0.4) is 0 Å². The summed E-state index contributed by atoms with van der Waals surface area (Å²) in [5.74, 6) is 0. The Morgan fingerprint density at radius 1 is 1.25 bits per heavy atom. The van der Waals surface area contributed by atoms with Crippen molar-refractivity contribution in [1.29, 1.82) is 0 Å². The van der Waals surface area contributed by atoms with Crippen LogP contribution in [-0.2, 0) is 6.42 Å². The van der Waals surface area contributed by atoms with Gasteiger partial charge in [-0.1, -0.05) is 31.5 Å². The van der Waals surface area contributed by atoms with Gasteiger partial charge in [-0.25, -0.2) is 4.98 Å². The van der Waals surface area contributed by atoms with Crippen LogP contribution < -0.4 is 5.56 Å². The first-order valence-corrected chi connectivity index (χ1v) is 6.71. The lowest BCUT2D eigenvalue weighted by Gasteiger charge is -2.09. The molecule has 4 heteroatoms. The molecule has 20 heavy (non-hydrogen) atoms. The number of rotatable bonds is 3. The molecule has 0 aliphatic carbocycles. The fourth-order valence-corrected chi connectivity index (χ4v) is 2.46. The fourth-order valence-electron chi connectivity index (χ4n) is 2.46. The number of nitrogens with one attached hydrogen (secondary N) is 1. The van der Waals surface area contributed by atoms with Crippen molar-refractivity contribution >= 4 is 10.8 Å². The second-order valence-corrected chi connectivity index (χ2v) is 4.71. The lowest BCUT2D eigenvalue weighted by molar-refractivity contribution is 0.888. The van der Waals surface area contributed by atoms with Gasteiger partial charge in [-0.3, -0.25) is 9.78 Å². The first-order chi connectivity index (χ1) is 9.81. The summed E-state index contributed by atoms with van der Waals surface area (Å²) in [4.78, 5) is 23.3. The van der Waals surface area contributed by atoms with E-state index in [4.69, 9.17) is 0 Å². The second kappa shape index (κ2) is 5.25. The maximum absolute atomic E-state index is 12.0. The van der Waals surface area contributed by atoms with Crippen LogP contribution in [0.2, 0.25) is 0 Å². The average molecular weight is 265 g/mol. The molecule has 4 nitrogen and oxygen atoms in total. The van der Waals surface area contributed by atoms with Crippen molar-refractivity contribution in [2.75, 3.05) is 0 Å². The van der Waals surface area contributed by atoms with Gasteiger partial charge in [-0.2, -0.15) is 0 Å². The van der Waals surface area contributed by atoms with Crippen LogP contribution in [0.5, 0.6) is 0 Å². The van der Waals surface area contributed by atoms with Gasteiger partial charge in [0.05, 0.1) is 12.0 Å². The molecule has 3 aromatic rings. The molecular formula is C16H15N3O. The van der Waals surface area contributed by atoms with Crippen molar-refractivity contribution in [2.24, 2.45) is 0 Å². The summed E-state index contributed by atoms with van der Waals surface area (Å²) in [6, 6.07) is 7.97. The minimum absolute atomic E-state index is 0.0576. The van der Waals surface area contributed by atoms with Crippen LogP contribution in [-0.4, -0.2) is 15.0 Å². The van der Waals surface area contributed by atoms with Gasteiger partial charge in [-0.05, 0) is 17.9 Å². The molecule has 0 atom stereocenters. The largest absolute Gasteiger partial charge is 0.313 e. The first-order valence-electron chi connectivity index (χ1n) is 6.71. The van der Waals surface area contributed by atoms with Crippen LogP contribution in [0.4, 0.5) is 0 Å². The van der Waals surface area contributed by atoms with E-state index >= 15 is 0 Å². The number of hydrogen-bond donors (Lipinski definition) is 1. The zero-order chi connectivity index (χ0) is 13.9. The number of aromatic amines is 1. The van der Waals surface area contributed by atoms with Crippen LogP contribution >= 0.6 is 0 Å². The van der Waals surface area contributed by atoms with Crippen molar-refractivity contribution in [2.45, 2.75) is 19.8 Å². The van der Waals surface area contributed by atoms with Crippen molar-refractivity contribution in [3.8, 4) is 11.3 Å². The van der Waals surface area contributed by atoms with E-state index in [1.807, 2.05) is 30.5 Å². The van der Waals surface area contributed by atoms with Crippen LogP contribution in [0.15, 0.2) is 47.8 Å².